The molecule has 124 valence electrons. The molecule has 6 heteroatoms. The van der Waals surface area contributed by atoms with Gasteiger partial charge in [0, 0.05) is 13.1 Å². The van der Waals surface area contributed by atoms with Gasteiger partial charge in [-0.3, -0.25) is 0 Å². The van der Waals surface area contributed by atoms with Crippen molar-refractivity contribution in [3.63, 3.8) is 0 Å². The van der Waals surface area contributed by atoms with Crippen LogP contribution in [0.4, 0.5) is 4.39 Å². The number of hydrogen-bond donors (Lipinski definition) is 1. The maximum absolute atomic E-state index is 12.8. The monoisotopic (exact) mass is 421 g/mol. The van der Waals surface area contributed by atoms with Gasteiger partial charge in [0.2, 0.25) is 0 Å². The number of ether oxygens (including phenoxy) is 1. The third-order valence-electron chi connectivity index (χ3n) is 3.64. The van der Waals surface area contributed by atoms with E-state index < -0.39 is 0 Å². The van der Waals surface area contributed by atoms with E-state index in [0.717, 1.165) is 13.1 Å². The van der Waals surface area contributed by atoms with Crippen LogP contribution in [0.5, 0.6) is 5.75 Å². The Kier molecular flexibility index (Phi) is 7.92. The minimum absolute atomic E-state index is 0. The smallest absolute Gasteiger partial charge is 0.191 e. The van der Waals surface area contributed by atoms with E-state index in [9.17, 15) is 4.39 Å². The molecule has 0 radical (unpaired) electrons. The molecule has 0 bridgehead atoms. The van der Waals surface area contributed by atoms with Gasteiger partial charge in [0.15, 0.2) is 5.96 Å². The fourth-order valence-corrected chi connectivity index (χ4v) is 2.50. The number of piperidine rings is 1. The minimum Gasteiger partial charge on any atom is -0.489 e. The van der Waals surface area contributed by atoms with Crippen molar-refractivity contribution in [1.29, 1.82) is 0 Å². The Hall–Kier alpha value is -1.05. The Morgan fingerprint density at radius 1 is 1.45 bits per heavy atom. The Morgan fingerprint density at radius 3 is 2.77 bits per heavy atom. The van der Waals surface area contributed by atoms with Gasteiger partial charge in [0.1, 0.15) is 17.7 Å². The molecular weight excluding hydrogens is 396 g/mol. The van der Waals surface area contributed by atoms with E-state index in [-0.39, 0.29) is 35.9 Å². The number of guanidine groups is 1. The number of aliphatic imine (C=N–C) groups is 1. The van der Waals surface area contributed by atoms with Gasteiger partial charge >= 0.3 is 0 Å². The van der Waals surface area contributed by atoms with Crippen molar-refractivity contribution in [2.24, 2.45) is 16.6 Å². The van der Waals surface area contributed by atoms with Crippen molar-refractivity contribution >= 4 is 29.9 Å². The van der Waals surface area contributed by atoms with E-state index in [4.69, 9.17) is 10.5 Å². The highest BCUT2D eigenvalue weighted by atomic mass is 127. The fraction of sp³-hybridized carbons (Fsp3) is 0.562. The molecule has 1 aliphatic rings. The van der Waals surface area contributed by atoms with Crippen molar-refractivity contribution in [2.75, 3.05) is 19.6 Å². The number of rotatable bonds is 4. The third kappa shape index (κ3) is 5.98. The predicted molar refractivity (Wildman–Crippen MR) is 98.4 cm³/mol. The molecule has 1 aromatic rings. The molecule has 0 aromatic heterocycles. The summed E-state index contributed by atoms with van der Waals surface area (Å²) in [5.41, 5.74) is 6.04. The van der Waals surface area contributed by atoms with Crippen LogP contribution in [-0.4, -0.2) is 36.6 Å². The lowest BCUT2D eigenvalue weighted by Crippen LogP contribution is -2.43. The zero-order chi connectivity index (χ0) is 15.2. The summed E-state index contributed by atoms with van der Waals surface area (Å²) in [4.78, 5) is 6.55. The number of hydrogen-bond acceptors (Lipinski definition) is 2. The topological polar surface area (TPSA) is 50.8 Å². The highest BCUT2D eigenvalue weighted by molar-refractivity contribution is 14.0. The SMILES string of the molecule is CC1CCCN(C(N)=NCC(C)Oc2ccc(F)cc2)C1.I. The molecule has 1 aromatic carbocycles. The zero-order valence-corrected chi connectivity index (χ0v) is 15.5. The molecule has 1 fully saturated rings. The first-order chi connectivity index (χ1) is 10.0. The van der Waals surface area contributed by atoms with Crippen LogP contribution in [0.25, 0.3) is 0 Å². The molecule has 0 saturated carbocycles. The first-order valence-corrected chi connectivity index (χ1v) is 7.51. The lowest BCUT2D eigenvalue weighted by atomic mass is 10.0. The largest absolute Gasteiger partial charge is 0.489 e. The van der Waals surface area contributed by atoms with Crippen LogP contribution in [0.15, 0.2) is 29.3 Å². The maximum atomic E-state index is 12.8. The van der Waals surface area contributed by atoms with Crippen molar-refractivity contribution in [3.8, 4) is 5.75 Å². The van der Waals surface area contributed by atoms with E-state index >= 15 is 0 Å². The summed E-state index contributed by atoms with van der Waals surface area (Å²) in [6, 6.07) is 6.00. The van der Waals surface area contributed by atoms with Gasteiger partial charge in [0.25, 0.3) is 0 Å². The number of nitrogens with zero attached hydrogens (tertiary/aromatic N) is 2. The van der Waals surface area contributed by atoms with Gasteiger partial charge in [0.05, 0.1) is 6.54 Å². The third-order valence-corrected chi connectivity index (χ3v) is 3.64. The second kappa shape index (κ2) is 9.17. The van der Waals surface area contributed by atoms with Gasteiger partial charge < -0.3 is 15.4 Å². The van der Waals surface area contributed by atoms with Crippen LogP contribution in [0, 0.1) is 11.7 Å². The van der Waals surface area contributed by atoms with Crippen LogP contribution in [0.1, 0.15) is 26.7 Å². The van der Waals surface area contributed by atoms with Gasteiger partial charge in [-0.2, -0.15) is 0 Å². The van der Waals surface area contributed by atoms with Crippen LogP contribution in [0.3, 0.4) is 0 Å². The van der Waals surface area contributed by atoms with Crippen LogP contribution < -0.4 is 10.5 Å². The van der Waals surface area contributed by atoms with E-state index in [2.05, 4.69) is 16.8 Å². The number of halogens is 2. The van der Waals surface area contributed by atoms with E-state index in [1.165, 1.54) is 25.0 Å². The molecule has 4 nitrogen and oxygen atoms in total. The van der Waals surface area contributed by atoms with Crippen LogP contribution in [0.2, 0.25) is 0 Å². The molecule has 2 N–H and O–H groups in total. The van der Waals surface area contributed by atoms with Crippen LogP contribution >= 0.6 is 24.0 Å². The summed E-state index contributed by atoms with van der Waals surface area (Å²) in [7, 11) is 0. The highest BCUT2D eigenvalue weighted by Gasteiger charge is 2.17. The average Bonchev–Trinajstić information content (AvgIpc) is 2.47. The molecule has 1 saturated heterocycles. The Labute approximate surface area is 148 Å². The normalized spacial score (nSPS) is 20.2. The summed E-state index contributed by atoms with van der Waals surface area (Å²) in [6.45, 7) is 6.61. The van der Waals surface area contributed by atoms with Crippen molar-refractivity contribution in [1.82, 2.24) is 4.90 Å². The Morgan fingerprint density at radius 2 is 2.14 bits per heavy atom. The maximum Gasteiger partial charge on any atom is 0.191 e. The van der Waals surface area contributed by atoms with E-state index in [1.807, 2.05) is 6.92 Å². The van der Waals surface area contributed by atoms with Crippen LogP contribution in [-0.2, 0) is 0 Å². The number of likely N-dealkylation sites (tertiary alicyclic amines) is 1. The molecule has 2 unspecified atom stereocenters. The lowest BCUT2D eigenvalue weighted by molar-refractivity contribution is 0.227. The second-order valence-electron chi connectivity index (χ2n) is 5.77. The first-order valence-electron chi connectivity index (χ1n) is 7.51. The Balaban J connectivity index is 0.00000242. The average molecular weight is 421 g/mol. The van der Waals surface area contributed by atoms with Crippen molar-refractivity contribution in [3.05, 3.63) is 30.1 Å². The summed E-state index contributed by atoms with van der Waals surface area (Å²) in [5, 5.41) is 0. The molecule has 1 heterocycles. The summed E-state index contributed by atoms with van der Waals surface area (Å²) in [6.07, 6.45) is 2.32. The molecule has 1 aliphatic heterocycles. The van der Waals surface area contributed by atoms with Crippen molar-refractivity contribution < 1.29 is 9.13 Å². The first kappa shape index (κ1) is 19.0. The van der Waals surface area contributed by atoms with Gasteiger partial charge in [-0.05, 0) is 49.9 Å². The van der Waals surface area contributed by atoms with E-state index in [1.54, 1.807) is 12.1 Å². The molecule has 0 spiro atoms. The van der Waals surface area contributed by atoms with E-state index in [0.29, 0.717) is 24.2 Å². The zero-order valence-electron chi connectivity index (χ0n) is 13.2. The molecular formula is C16H25FIN3O. The highest BCUT2D eigenvalue weighted by Crippen LogP contribution is 2.15. The molecule has 0 amide bonds. The summed E-state index contributed by atoms with van der Waals surface area (Å²) < 4.78 is 18.5. The number of benzene rings is 1. The quantitative estimate of drug-likeness (QED) is 0.462. The summed E-state index contributed by atoms with van der Waals surface area (Å²) >= 11 is 0. The lowest BCUT2D eigenvalue weighted by Gasteiger charge is -2.31. The predicted octanol–water partition coefficient (Wildman–Crippen LogP) is 3.26. The molecule has 22 heavy (non-hydrogen) atoms. The summed E-state index contributed by atoms with van der Waals surface area (Å²) in [5.74, 6) is 1.64. The number of nitrogens with two attached hydrogens (primary N) is 1. The fourth-order valence-electron chi connectivity index (χ4n) is 2.50. The van der Waals surface area contributed by atoms with Gasteiger partial charge in [-0.15, -0.1) is 24.0 Å². The minimum atomic E-state index is -0.267. The van der Waals surface area contributed by atoms with Gasteiger partial charge in [-0.1, -0.05) is 6.92 Å². The standard InChI is InChI=1S/C16H24FN3O.HI/c1-12-4-3-9-20(11-12)16(18)19-10-13(2)21-15-7-5-14(17)6-8-15;/h5-8,12-13H,3-4,9-11H2,1-2H3,(H2,18,19);1H. The Bertz CT molecular complexity index is 481. The second-order valence-corrected chi connectivity index (χ2v) is 5.77. The molecule has 2 rings (SSSR count). The van der Waals surface area contributed by atoms with Crippen molar-refractivity contribution in [2.45, 2.75) is 32.8 Å². The molecule has 0 aliphatic carbocycles. The molecule has 2 atom stereocenters. The van der Waals surface area contributed by atoms with Gasteiger partial charge in [-0.25, -0.2) is 9.38 Å².